The predicted octanol–water partition coefficient (Wildman–Crippen LogP) is 1.34. The first kappa shape index (κ1) is 19.2. The van der Waals surface area contributed by atoms with Gasteiger partial charge in [-0.3, -0.25) is 4.79 Å². The Hall–Kier alpha value is -1.11. The average molecular weight is 374 g/mol. The Morgan fingerprint density at radius 3 is 2.25 bits per heavy atom. The van der Waals surface area contributed by atoms with Gasteiger partial charge in [-0.2, -0.15) is 0 Å². The monoisotopic (exact) mass is 373 g/mol. The summed E-state index contributed by atoms with van der Waals surface area (Å²) >= 11 is 0. The van der Waals surface area contributed by atoms with Crippen molar-refractivity contribution in [2.75, 3.05) is 31.1 Å². The Labute approximate surface area is 155 Å². The molecule has 1 aromatic rings. The van der Waals surface area contributed by atoms with E-state index in [9.17, 15) is 4.79 Å². The Bertz CT molecular complexity index is 551. The van der Waals surface area contributed by atoms with Gasteiger partial charge in [-0.15, -0.1) is 24.8 Å². The van der Waals surface area contributed by atoms with E-state index in [-0.39, 0.29) is 42.7 Å². The molecule has 2 heterocycles. The van der Waals surface area contributed by atoms with Gasteiger partial charge in [0.05, 0.1) is 5.92 Å². The average Bonchev–Trinajstić information content (AvgIpc) is 3.16. The summed E-state index contributed by atoms with van der Waals surface area (Å²) in [6, 6.07) is 1.90. The van der Waals surface area contributed by atoms with E-state index in [0.29, 0.717) is 11.8 Å². The van der Waals surface area contributed by atoms with Crippen LogP contribution in [0, 0.1) is 17.8 Å². The largest absolute Gasteiger partial charge is 0.339 e. The molecule has 2 bridgehead atoms. The summed E-state index contributed by atoms with van der Waals surface area (Å²) < 4.78 is 0. The van der Waals surface area contributed by atoms with Gasteiger partial charge >= 0.3 is 0 Å². The summed E-state index contributed by atoms with van der Waals surface area (Å²) in [5, 5.41) is 0. The number of rotatable bonds is 2. The summed E-state index contributed by atoms with van der Waals surface area (Å²) in [5.74, 6) is 2.22. The number of hydrogen-bond acceptors (Lipinski definition) is 5. The van der Waals surface area contributed by atoms with Crippen LogP contribution in [-0.4, -0.2) is 53.0 Å². The fourth-order valence-electron chi connectivity index (χ4n) is 4.49. The zero-order chi connectivity index (χ0) is 15.1. The Morgan fingerprint density at radius 2 is 1.67 bits per heavy atom. The minimum absolute atomic E-state index is 0. The first-order valence-corrected chi connectivity index (χ1v) is 8.30. The molecule has 4 atom stereocenters. The third-order valence-electron chi connectivity index (χ3n) is 5.69. The number of anilines is 1. The number of carbonyl (C=O) groups excluding carboxylic acids is 1. The molecule has 6 nitrogen and oxygen atoms in total. The van der Waals surface area contributed by atoms with Crippen molar-refractivity contribution in [1.82, 2.24) is 14.9 Å². The first-order chi connectivity index (χ1) is 10.7. The van der Waals surface area contributed by atoms with E-state index in [1.54, 1.807) is 12.4 Å². The van der Waals surface area contributed by atoms with Crippen LogP contribution in [0.25, 0.3) is 0 Å². The Balaban J connectivity index is 0.00000104. The van der Waals surface area contributed by atoms with Crippen LogP contribution in [-0.2, 0) is 4.79 Å². The van der Waals surface area contributed by atoms with Gasteiger partial charge in [-0.1, -0.05) is 0 Å². The van der Waals surface area contributed by atoms with E-state index in [2.05, 4.69) is 14.9 Å². The molecule has 3 fully saturated rings. The molecule has 1 aromatic heterocycles. The zero-order valence-corrected chi connectivity index (χ0v) is 15.2. The zero-order valence-electron chi connectivity index (χ0n) is 13.6. The quantitative estimate of drug-likeness (QED) is 0.846. The molecule has 2 N–H and O–H groups in total. The van der Waals surface area contributed by atoms with E-state index in [1.165, 1.54) is 12.8 Å². The minimum atomic E-state index is 0. The molecule has 1 aliphatic heterocycles. The Morgan fingerprint density at radius 1 is 1.04 bits per heavy atom. The highest BCUT2D eigenvalue weighted by atomic mass is 35.5. The summed E-state index contributed by atoms with van der Waals surface area (Å²) in [6.45, 7) is 3.09. The van der Waals surface area contributed by atoms with E-state index < -0.39 is 0 Å². The molecule has 0 spiro atoms. The van der Waals surface area contributed by atoms with E-state index in [0.717, 1.165) is 38.5 Å². The number of amides is 1. The normalized spacial score (nSPS) is 31.4. The molecule has 24 heavy (non-hydrogen) atoms. The summed E-state index contributed by atoms with van der Waals surface area (Å²) in [7, 11) is 0. The van der Waals surface area contributed by atoms with Crippen molar-refractivity contribution in [2.24, 2.45) is 23.5 Å². The molecule has 2 saturated carbocycles. The number of piperazine rings is 1. The standard InChI is InChI=1S/C16H23N5O.2ClH/c17-14-12-3-2-11(10-12)13(14)15(22)20-6-8-21(9-7-20)16-18-4-1-5-19-16;;/h1,4-5,11-14H,2-3,6-10,17H2;2*1H. The fourth-order valence-corrected chi connectivity index (χ4v) is 4.49. The number of halogens is 2. The van der Waals surface area contributed by atoms with E-state index >= 15 is 0 Å². The second-order valence-corrected chi connectivity index (χ2v) is 6.80. The topological polar surface area (TPSA) is 75.4 Å². The number of nitrogens with two attached hydrogens (primary N) is 1. The molecule has 4 rings (SSSR count). The lowest BCUT2D eigenvalue weighted by atomic mass is 9.84. The molecule has 4 unspecified atom stereocenters. The molecule has 0 aromatic carbocycles. The molecule has 3 aliphatic rings. The van der Waals surface area contributed by atoms with Gasteiger partial charge in [0.2, 0.25) is 11.9 Å². The maximum absolute atomic E-state index is 12.8. The van der Waals surface area contributed by atoms with Crippen LogP contribution < -0.4 is 10.6 Å². The van der Waals surface area contributed by atoms with Crippen LogP contribution in [0.4, 0.5) is 5.95 Å². The molecule has 1 saturated heterocycles. The van der Waals surface area contributed by atoms with Gasteiger partial charge in [0.1, 0.15) is 0 Å². The van der Waals surface area contributed by atoms with Gasteiger partial charge in [-0.05, 0) is 37.2 Å². The fraction of sp³-hybridized carbons (Fsp3) is 0.688. The number of aromatic nitrogens is 2. The highest BCUT2D eigenvalue weighted by molar-refractivity contribution is 5.85. The van der Waals surface area contributed by atoms with Crippen molar-refractivity contribution in [1.29, 1.82) is 0 Å². The van der Waals surface area contributed by atoms with Crippen molar-refractivity contribution in [3.8, 4) is 0 Å². The maximum Gasteiger partial charge on any atom is 0.227 e. The highest BCUT2D eigenvalue weighted by Crippen LogP contribution is 2.48. The smallest absolute Gasteiger partial charge is 0.227 e. The molecule has 0 radical (unpaired) electrons. The van der Waals surface area contributed by atoms with Gasteiger partial charge in [0, 0.05) is 44.6 Å². The van der Waals surface area contributed by atoms with Gasteiger partial charge < -0.3 is 15.5 Å². The minimum Gasteiger partial charge on any atom is -0.339 e. The number of hydrogen-bond donors (Lipinski definition) is 1. The summed E-state index contributed by atoms with van der Waals surface area (Å²) in [6.07, 6.45) is 7.08. The molecule has 2 aliphatic carbocycles. The SMILES string of the molecule is Cl.Cl.NC1C2CCC(C2)C1C(=O)N1CCN(c2ncccn2)CC1. The van der Waals surface area contributed by atoms with Crippen LogP contribution in [0.5, 0.6) is 0 Å². The third kappa shape index (κ3) is 3.32. The molecule has 8 heteroatoms. The first-order valence-electron chi connectivity index (χ1n) is 8.30. The van der Waals surface area contributed by atoms with Crippen molar-refractivity contribution in [3.05, 3.63) is 18.5 Å². The molecular formula is C16H25Cl2N5O. The van der Waals surface area contributed by atoms with Crippen LogP contribution in [0.3, 0.4) is 0 Å². The van der Waals surface area contributed by atoms with Crippen LogP contribution in [0.15, 0.2) is 18.5 Å². The van der Waals surface area contributed by atoms with Crippen LogP contribution in [0.2, 0.25) is 0 Å². The molecule has 134 valence electrons. The lowest BCUT2D eigenvalue weighted by Gasteiger charge is -2.38. The lowest BCUT2D eigenvalue weighted by molar-refractivity contribution is -0.138. The van der Waals surface area contributed by atoms with E-state index in [4.69, 9.17) is 5.73 Å². The van der Waals surface area contributed by atoms with Gasteiger partial charge in [0.25, 0.3) is 0 Å². The predicted molar refractivity (Wildman–Crippen MR) is 97.6 cm³/mol. The highest BCUT2D eigenvalue weighted by Gasteiger charge is 2.50. The summed E-state index contributed by atoms with van der Waals surface area (Å²) in [5.41, 5.74) is 6.31. The van der Waals surface area contributed by atoms with Crippen molar-refractivity contribution < 1.29 is 4.79 Å². The van der Waals surface area contributed by atoms with Gasteiger partial charge in [-0.25, -0.2) is 9.97 Å². The maximum atomic E-state index is 12.8. The number of fused-ring (bicyclic) bond motifs is 2. The van der Waals surface area contributed by atoms with Crippen LogP contribution in [0.1, 0.15) is 19.3 Å². The van der Waals surface area contributed by atoms with Crippen LogP contribution >= 0.6 is 24.8 Å². The molecular weight excluding hydrogens is 349 g/mol. The second kappa shape index (κ2) is 7.85. The Kier molecular flexibility index (Phi) is 6.28. The lowest BCUT2D eigenvalue weighted by Crippen LogP contribution is -2.54. The van der Waals surface area contributed by atoms with Crippen molar-refractivity contribution in [3.63, 3.8) is 0 Å². The third-order valence-corrected chi connectivity index (χ3v) is 5.69. The van der Waals surface area contributed by atoms with Crippen molar-refractivity contribution >= 4 is 36.7 Å². The number of carbonyl (C=O) groups is 1. The molecule has 1 amide bonds. The van der Waals surface area contributed by atoms with Crippen molar-refractivity contribution in [2.45, 2.75) is 25.3 Å². The summed E-state index contributed by atoms with van der Waals surface area (Å²) in [4.78, 5) is 25.6. The van der Waals surface area contributed by atoms with Gasteiger partial charge in [0.15, 0.2) is 0 Å². The second-order valence-electron chi connectivity index (χ2n) is 6.80. The van der Waals surface area contributed by atoms with E-state index in [1.807, 2.05) is 11.0 Å². The number of nitrogens with zero attached hydrogens (tertiary/aromatic N) is 4.